The topological polar surface area (TPSA) is 172 Å². The van der Waals surface area contributed by atoms with E-state index in [-0.39, 0.29) is 28.2 Å². The second kappa shape index (κ2) is 12.6. The van der Waals surface area contributed by atoms with Gasteiger partial charge in [-0.3, -0.25) is 19.3 Å². The van der Waals surface area contributed by atoms with E-state index in [0.717, 1.165) is 28.7 Å². The van der Waals surface area contributed by atoms with Gasteiger partial charge in [-0.15, -0.1) is 34.9 Å². The highest BCUT2D eigenvalue weighted by atomic mass is 32.2. The molecule has 0 aliphatic carbocycles. The molecule has 1 aromatic heterocycles. The SMILES string of the molecule is CO/N=C(\C(=O)NC1(SC)C(=O)N2C(C(=O)OCOC(=O)C(C)(C)C)=C(C3CCOCC3)CS[C@H]21)c1csc(N)n1. The number of β-lactam (4-membered cyclic amide) rings is 1. The van der Waals surface area contributed by atoms with Crippen molar-refractivity contribution in [2.75, 3.05) is 44.9 Å². The molecule has 2 atom stereocenters. The molecule has 1 unspecified atom stereocenters. The first-order chi connectivity index (χ1) is 19.4. The molecule has 0 bridgehead atoms. The van der Waals surface area contributed by atoms with Crippen LogP contribution in [0.3, 0.4) is 0 Å². The third kappa shape index (κ3) is 6.20. The Bertz CT molecular complexity index is 1270. The molecule has 0 aromatic carbocycles. The van der Waals surface area contributed by atoms with Crippen LogP contribution >= 0.6 is 34.9 Å². The average molecular weight is 628 g/mol. The summed E-state index contributed by atoms with van der Waals surface area (Å²) in [5, 5.41) is 7.80. The second-order valence-electron chi connectivity index (χ2n) is 10.4. The predicted octanol–water partition coefficient (Wildman–Crippen LogP) is 1.94. The van der Waals surface area contributed by atoms with Crippen molar-refractivity contribution < 1.29 is 38.2 Å². The minimum atomic E-state index is -1.40. The quantitative estimate of drug-likeness (QED) is 0.134. The number of ether oxygens (including phenoxy) is 3. The summed E-state index contributed by atoms with van der Waals surface area (Å²) in [5.74, 6) is -2.02. The van der Waals surface area contributed by atoms with Gasteiger partial charge in [0.15, 0.2) is 15.7 Å². The van der Waals surface area contributed by atoms with Gasteiger partial charge in [0.05, 0.1) is 5.41 Å². The van der Waals surface area contributed by atoms with Crippen LogP contribution in [-0.4, -0.2) is 88.7 Å². The zero-order valence-corrected chi connectivity index (χ0v) is 25.8. The summed E-state index contributed by atoms with van der Waals surface area (Å²) >= 11 is 3.72. The van der Waals surface area contributed by atoms with Crippen molar-refractivity contribution in [1.82, 2.24) is 15.2 Å². The number of carbonyl (C=O) groups is 4. The maximum Gasteiger partial charge on any atom is 0.357 e. The van der Waals surface area contributed by atoms with Crippen molar-refractivity contribution in [3.05, 3.63) is 22.3 Å². The molecule has 1 aromatic rings. The van der Waals surface area contributed by atoms with Crippen LogP contribution in [0.2, 0.25) is 0 Å². The molecule has 0 radical (unpaired) electrons. The minimum Gasteiger partial charge on any atom is -0.427 e. The Morgan fingerprint density at radius 2 is 2.00 bits per heavy atom. The van der Waals surface area contributed by atoms with Gasteiger partial charge >= 0.3 is 11.9 Å². The number of thiazole rings is 1. The van der Waals surface area contributed by atoms with Gasteiger partial charge < -0.3 is 30.1 Å². The molecule has 224 valence electrons. The molecule has 16 heteroatoms. The molecule has 2 saturated heterocycles. The number of aromatic nitrogens is 1. The molecule has 0 spiro atoms. The molecule has 13 nitrogen and oxygen atoms in total. The molecule has 4 heterocycles. The zero-order chi connectivity index (χ0) is 29.9. The number of nitrogens with zero attached hydrogens (tertiary/aromatic N) is 3. The lowest BCUT2D eigenvalue weighted by atomic mass is 9.89. The molecule has 2 fully saturated rings. The number of thioether (sulfide) groups is 2. The Balaban J connectivity index is 1.60. The smallest absolute Gasteiger partial charge is 0.357 e. The standard InChI is InChI=1S/C25H33N5O8S3/c1-24(2,3)22(34)38-12-37-19(32)17-14(13-6-8-36-9-7-13)10-40-21-25(39-5,20(33)30(17)21)28-18(31)16(29-35-4)15-11-41-23(26)27-15/h11,13,21H,6-10,12H2,1-5H3,(H2,26,27)(H,28,31)/b29-16-/t21-,25?/m0/s1. The van der Waals surface area contributed by atoms with E-state index in [4.69, 9.17) is 24.8 Å². The normalized spacial score (nSPS) is 23.4. The van der Waals surface area contributed by atoms with Gasteiger partial charge in [0.25, 0.3) is 11.8 Å². The van der Waals surface area contributed by atoms with Gasteiger partial charge in [-0.1, -0.05) is 5.16 Å². The number of esters is 2. The van der Waals surface area contributed by atoms with Crippen LogP contribution < -0.4 is 11.1 Å². The van der Waals surface area contributed by atoms with Crippen LogP contribution in [0.5, 0.6) is 0 Å². The van der Waals surface area contributed by atoms with Gasteiger partial charge in [-0.25, -0.2) is 9.78 Å². The van der Waals surface area contributed by atoms with Gasteiger partial charge in [0.2, 0.25) is 6.79 Å². The van der Waals surface area contributed by atoms with E-state index in [1.165, 1.54) is 23.8 Å². The molecule has 3 N–H and O–H groups in total. The fourth-order valence-corrected chi connectivity index (χ4v) is 7.86. The number of nitrogens with two attached hydrogens (primary N) is 1. The summed E-state index contributed by atoms with van der Waals surface area (Å²) in [4.78, 5) is 61.8. The first-order valence-electron chi connectivity index (χ1n) is 12.7. The predicted molar refractivity (Wildman–Crippen MR) is 155 cm³/mol. The maximum absolute atomic E-state index is 13.9. The van der Waals surface area contributed by atoms with Crippen molar-refractivity contribution in [3.8, 4) is 0 Å². The number of anilines is 1. The average Bonchev–Trinajstić information content (AvgIpc) is 3.38. The van der Waals surface area contributed by atoms with Crippen LogP contribution in [0.4, 0.5) is 5.13 Å². The summed E-state index contributed by atoms with van der Waals surface area (Å²) in [6.07, 6.45) is 3.08. The Kier molecular flexibility index (Phi) is 9.56. The Hall–Kier alpha value is -2.82. The first-order valence-corrected chi connectivity index (χ1v) is 15.9. The van der Waals surface area contributed by atoms with Crippen LogP contribution in [0.1, 0.15) is 39.3 Å². The van der Waals surface area contributed by atoms with E-state index in [1.54, 1.807) is 32.4 Å². The molecule has 2 amide bonds. The van der Waals surface area contributed by atoms with Crippen LogP contribution in [0.25, 0.3) is 0 Å². The number of fused-ring (bicyclic) bond motifs is 1. The highest BCUT2D eigenvalue weighted by Crippen LogP contribution is 2.52. The number of hydrogen-bond acceptors (Lipinski definition) is 14. The van der Waals surface area contributed by atoms with Gasteiger partial charge in [0.1, 0.15) is 23.9 Å². The van der Waals surface area contributed by atoms with Crippen molar-refractivity contribution >= 4 is 69.5 Å². The third-order valence-electron chi connectivity index (χ3n) is 6.74. The monoisotopic (exact) mass is 627 g/mol. The molecule has 41 heavy (non-hydrogen) atoms. The van der Waals surface area contributed by atoms with Crippen molar-refractivity contribution in [2.24, 2.45) is 16.5 Å². The number of carbonyl (C=O) groups excluding carboxylic acids is 4. The Morgan fingerprint density at radius 3 is 2.59 bits per heavy atom. The number of nitrogens with one attached hydrogen (secondary N) is 1. The van der Waals surface area contributed by atoms with Gasteiger partial charge in [-0.2, -0.15) is 0 Å². The lowest BCUT2D eigenvalue weighted by Gasteiger charge is -2.57. The lowest BCUT2D eigenvalue weighted by molar-refractivity contribution is -0.173. The van der Waals surface area contributed by atoms with Gasteiger partial charge in [0, 0.05) is 24.3 Å². The molecule has 4 rings (SSSR count). The highest BCUT2D eigenvalue weighted by Gasteiger charge is 2.66. The summed E-state index contributed by atoms with van der Waals surface area (Å²) in [5.41, 5.74) is 5.92. The van der Waals surface area contributed by atoms with Crippen molar-refractivity contribution in [1.29, 1.82) is 0 Å². The van der Waals surface area contributed by atoms with Gasteiger partial charge in [-0.05, 0) is 51.4 Å². The summed E-state index contributed by atoms with van der Waals surface area (Å²) in [6, 6.07) is 0. The van der Waals surface area contributed by atoms with Crippen LogP contribution in [0.15, 0.2) is 21.8 Å². The minimum absolute atomic E-state index is 0.0131. The van der Waals surface area contributed by atoms with E-state index >= 15 is 0 Å². The summed E-state index contributed by atoms with van der Waals surface area (Å²) < 4.78 is 16.0. The first kappa shape index (κ1) is 31.1. The maximum atomic E-state index is 13.9. The van der Waals surface area contributed by atoms with E-state index in [0.29, 0.717) is 31.8 Å². The molecule has 0 saturated carbocycles. The van der Waals surface area contributed by atoms with Crippen molar-refractivity contribution in [2.45, 2.75) is 43.9 Å². The summed E-state index contributed by atoms with van der Waals surface area (Å²) in [7, 11) is 1.29. The number of rotatable bonds is 9. The number of oxime groups is 1. The van der Waals surface area contributed by atoms with E-state index in [1.807, 2.05) is 0 Å². The van der Waals surface area contributed by atoms with E-state index < -0.39 is 46.2 Å². The fraction of sp³-hybridized carbons (Fsp3) is 0.600. The highest BCUT2D eigenvalue weighted by molar-refractivity contribution is 8.05. The molecule has 3 aliphatic heterocycles. The molecular weight excluding hydrogens is 595 g/mol. The number of hydrogen-bond donors (Lipinski definition) is 2. The Morgan fingerprint density at radius 1 is 1.29 bits per heavy atom. The largest absolute Gasteiger partial charge is 0.427 e. The lowest BCUT2D eigenvalue weighted by Crippen LogP contribution is -2.78. The number of nitrogen functional groups attached to an aromatic ring is 1. The van der Waals surface area contributed by atoms with Crippen molar-refractivity contribution in [3.63, 3.8) is 0 Å². The van der Waals surface area contributed by atoms with Crippen LogP contribution in [0, 0.1) is 11.3 Å². The van der Waals surface area contributed by atoms with E-state index in [2.05, 4.69) is 15.5 Å². The Labute approximate surface area is 249 Å². The van der Waals surface area contributed by atoms with Crippen LogP contribution in [-0.2, 0) is 38.2 Å². The van der Waals surface area contributed by atoms with E-state index in [9.17, 15) is 19.2 Å². The summed E-state index contributed by atoms with van der Waals surface area (Å²) in [6.45, 7) is 5.55. The second-order valence-corrected chi connectivity index (χ2v) is 13.4. The third-order valence-corrected chi connectivity index (χ3v) is 10.1. The number of amides is 2. The fourth-order valence-electron chi connectivity index (χ4n) is 4.59. The molecular formula is C25H33N5O8S3. The zero-order valence-electron chi connectivity index (χ0n) is 23.4. The molecule has 3 aliphatic rings.